The molecular weight excluding hydrogens is 364 g/mol. The Labute approximate surface area is 158 Å². The summed E-state index contributed by atoms with van der Waals surface area (Å²) in [4.78, 5) is 64.9. The molecule has 0 aliphatic carbocycles. The minimum atomic E-state index is -0.667. The predicted octanol–water partition coefficient (Wildman–Crippen LogP) is 0.537. The van der Waals surface area contributed by atoms with Crippen LogP contribution in [0.4, 0.5) is 0 Å². The van der Waals surface area contributed by atoms with E-state index in [0.29, 0.717) is 17.5 Å². The highest BCUT2D eigenvalue weighted by molar-refractivity contribution is 6.08. The molecule has 28 heavy (non-hydrogen) atoms. The first kappa shape index (κ1) is 20.6. The van der Waals surface area contributed by atoms with Crippen LogP contribution in [0.1, 0.15) is 39.7 Å². The fourth-order valence-corrected chi connectivity index (χ4v) is 2.68. The summed E-state index contributed by atoms with van der Waals surface area (Å²) < 4.78 is 0. The molecule has 0 fully saturated rings. The highest BCUT2D eigenvalue weighted by Gasteiger charge is 2.17. The first-order valence-electron chi connectivity index (χ1n) is 8.47. The van der Waals surface area contributed by atoms with Crippen molar-refractivity contribution in [2.75, 3.05) is 0 Å². The molecule has 2 aromatic heterocycles. The van der Waals surface area contributed by atoms with E-state index < -0.39 is 16.9 Å². The van der Waals surface area contributed by atoms with Gasteiger partial charge in [0.1, 0.15) is 0 Å². The van der Waals surface area contributed by atoms with Crippen LogP contribution in [0.2, 0.25) is 0 Å². The first-order valence-corrected chi connectivity index (χ1v) is 8.47. The van der Waals surface area contributed by atoms with Gasteiger partial charge in [0.05, 0.1) is 5.69 Å². The minimum absolute atomic E-state index is 0.0752. The summed E-state index contributed by atoms with van der Waals surface area (Å²) in [7, 11) is 0. The number of hydrogen-bond donors (Lipinski definition) is 4. The van der Waals surface area contributed by atoms with E-state index in [1.807, 2.05) is 24.9 Å². The number of benzene rings is 1. The van der Waals surface area contributed by atoms with Gasteiger partial charge in [-0.25, -0.2) is 9.59 Å². The number of aryl methyl sites for hydroxylation is 2. The van der Waals surface area contributed by atoms with E-state index in [-0.39, 0.29) is 17.0 Å². The van der Waals surface area contributed by atoms with E-state index in [9.17, 15) is 24.0 Å². The van der Waals surface area contributed by atoms with Crippen LogP contribution in [-0.4, -0.2) is 25.7 Å². The van der Waals surface area contributed by atoms with Crippen molar-refractivity contribution in [3.05, 3.63) is 100 Å². The lowest BCUT2D eigenvalue weighted by Gasteiger charge is -2.07. The second-order valence-corrected chi connectivity index (χ2v) is 6.12. The third-order valence-electron chi connectivity index (χ3n) is 3.79. The van der Waals surface area contributed by atoms with Crippen LogP contribution in [0.3, 0.4) is 0 Å². The summed E-state index contributed by atoms with van der Waals surface area (Å²) in [5.74, 6) is -0.336. The minimum Gasteiger partial charge on any atom is -0.314 e. The Balaban J connectivity index is 0.000000292. The van der Waals surface area contributed by atoms with Gasteiger partial charge in [0, 0.05) is 23.4 Å². The standard InChI is InChI=1S/C15H16N2O3.C4H4N2O2/c1-4-11-12(16-15(20)17-14(11)19)13(18)10-6-8(2)5-9(3)7-10;7-3-1-2-5-4(8)6-3/h5-7H,4H2,1-3H3,(H2,16,17,19,20);1-2H,(H2,5,6,7,8). The summed E-state index contributed by atoms with van der Waals surface area (Å²) in [6.45, 7) is 5.55. The van der Waals surface area contributed by atoms with Crippen molar-refractivity contribution in [2.24, 2.45) is 0 Å². The number of aromatic nitrogens is 4. The molecular formula is C19H20N4O5. The fraction of sp³-hybridized carbons (Fsp3) is 0.211. The number of hydrogen-bond acceptors (Lipinski definition) is 5. The second kappa shape index (κ2) is 8.76. The molecule has 0 unspecified atom stereocenters. The highest BCUT2D eigenvalue weighted by atomic mass is 16.2. The molecule has 0 radical (unpaired) electrons. The van der Waals surface area contributed by atoms with Gasteiger partial charge in [-0.15, -0.1) is 0 Å². The van der Waals surface area contributed by atoms with Crippen molar-refractivity contribution in [2.45, 2.75) is 27.2 Å². The number of aromatic amines is 4. The van der Waals surface area contributed by atoms with Crippen molar-refractivity contribution in [1.82, 2.24) is 19.9 Å². The molecule has 3 rings (SSSR count). The Morgan fingerprint density at radius 2 is 1.54 bits per heavy atom. The third-order valence-corrected chi connectivity index (χ3v) is 3.79. The summed E-state index contributed by atoms with van der Waals surface area (Å²) in [6.07, 6.45) is 1.67. The Morgan fingerprint density at radius 1 is 0.893 bits per heavy atom. The van der Waals surface area contributed by atoms with E-state index in [1.165, 1.54) is 12.3 Å². The molecule has 0 saturated heterocycles. The molecule has 0 saturated carbocycles. The lowest BCUT2D eigenvalue weighted by molar-refractivity contribution is 0.103. The topological polar surface area (TPSA) is 149 Å². The Morgan fingerprint density at radius 3 is 2.04 bits per heavy atom. The largest absolute Gasteiger partial charge is 0.326 e. The van der Waals surface area contributed by atoms with E-state index >= 15 is 0 Å². The van der Waals surface area contributed by atoms with Crippen LogP contribution in [0.5, 0.6) is 0 Å². The van der Waals surface area contributed by atoms with Gasteiger partial charge in [0.2, 0.25) is 5.78 Å². The third kappa shape index (κ3) is 5.13. The van der Waals surface area contributed by atoms with Crippen LogP contribution in [0.15, 0.2) is 49.6 Å². The monoisotopic (exact) mass is 384 g/mol. The van der Waals surface area contributed by atoms with Crippen molar-refractivity contribution >= 4 is 5.78 Å². The maximum absolute atomic E-state index is 12.5. The molecule has 4 N–H and O–H groups in total. The van der Waals surface area contributed by atoms with Gasteiger partial charge in [-0.3, -0.25) is 24.4 Å². The van der Waals surface area contributed by atoms with Gasteiger partial charge >= 0.3 is 11.4 Å². The summed E-state index contributed by atoms with van der Waals surface area (Å²) in [6, 6.07) is 6.68. The van der Waals surface area contributed by atoms with Crippen molar-refractivity contribution in [3.63, 3.8) is 0 Å². The molecule has 9 nitrogen and oxygen atoms in total. The normalized spacial score (nSPS) is 10.1. The molecule has 3 aromatic rings. The number of H-pyrrole nitrogens is 4. The molecule has 2 heterocycles. The average Bonchev–Trinajstić information content (AvgIpc) is 2.60. The summed E-state index contributed by atoms with van der Waals surface area (Å²) >= 11 is 0. The van der Waals surface area contributed by atoms with Gasteiger partial charge in [0.25, 0.3) is 11.1 Å². The van der Waals surface area contributed by atoms with E-state index in [0.717, 1.165) is 11.1 Å². The number of ketones is 1. The molecule has 146 valence electrons. The number of rotatable bonds is 3. The van der Waals surface area contributed by atoms with Crippen LogP contribution in [0, 0.1) is 13.8 Å². The van der Waals surface area contributed by atoms with Crippen LogP contribution >= 0.6 is 0 Å². The average molecular weight is 384 g/mol. The maximum atomic E-state index is 12.5. The fourth-order valence-electron chi connectivity index (χ4n) is 2.68. The van der Waals surface area contributed by atoms with Crippen molar-refractivity contribution in [3.8, 4) is 0 Å². The molecule has 0 atom stereocenters. The van der Waals surface area contributed by atoms with E-state index in [1.54, 1.807) is 19.1 Å². The summed E-state index contributed by atoms with van der Waals surface area (Å²) in [5, 5.41) is 0. The number of carbonyl (C=O) groups excluding carboxylic acids is 1. The van der Waals surface area contributed by atoms with Gasteiger partial charge in [-0.1, -0.05) is 24.1 Å². The Bertz CT molecular complexity index is 1180. The van der Waals surface area contributed by atoms with Gasteiger partial charge in [0.15, 0.2) is 0 Å². The zero-order valence-electron chi connectivity index (χ0n) is 15.6. The second-order valence-electron chi connectivity index (χ2n) is 6.12. The van der Waals surface area contributed by atoms with Crippen LogP contribution in [0.25, 0.3) is 0 Å². The SMILES string of the molecule is CCc1c(C(=O)c2cc(C)cc(C)c2)[nH]c(=O)[nH]c1=O.O=c1cc[nH]c(=O)[nH]1. The smallest absolute Gasteiger partial charge is 0.314 e. The lowest BCUT2D eigenvalue weighted by Crippen LogP contribution is -2.30. The zero-order chi connectivity index (χ0) is 20.8. The Kier molecular flexibility index (Phi) is 6.43. The molecule has 0 spiro atoms. The molecule has 0 aliphatic rings. The predicted molar refractivity (Wildman–Crippen MR) is 104 cm³/mol. The quantitative estimate of drug-likeness (QED) is 0.486. The molecule has 9 heteroatoms. The summed E-state index contributed by atoms with van der Waals surface area (Å²) in [5.41, 5.74) is 0.728. The number of carbonyl (C=O) groups is 1. The molecule has 0 aliphatic heterocycles. The molecule has 1 aromatic carbocycles. The highest BCUT2D eigenvalue weighted by Crippen LogP contribution is 2.13. The van der Waals surface area contributed by atoms with Crippen molar-refractivity contribution < 1.29 is 4.79 Å². The van der Waals surface area contributed by atoms with E-state index in [2.05, 4.69) is 15.0 Å². The molecule has 0 bridgehead atoms. The van der Waals surface area contributed by atoms with E-state index in [4.69, 9.17) is 0 Å². The number of nitrogens with one attached hydrogen (secondary N) is 4. The van der Waals surface area contributed by atoms with Crippen LogP contribution in [-0.2, 0) is 6.42 Å². The first-order chi connectivity index (χ1) is 13.2. The van der Waals surface area contributed by atoms with Crippen molar-refractivity contribution in [1.29, 1.82) is 0 Å². The Hall–Kier alpha value is -3.75. The van der Waals surface area contributed by atoms with Crippen LogP contribution < -0.4 is 22.5 Å². The molecule has 0 amide bonds. The zero-order valence-corrected chi connectivity index (χ0v) is 15.6. The van der Waals surface area contributed by atoms with Gasteiger partial charge < -0.3 is 9.97 Å². The lowest BCUT2D eigenvalue weighted by atomic mass is 9.99. The maximum Gasteiger partial charge on any atom is 0.326 e. The van der Waals surface area contributed by atoms with Gasteiger partial charge in [-0.2, -0.15) is 0 Å². The van der Waals surface area contributed by atoms with Gasteiger partial charge in [-0.05, 0) is 32.4 Å².